The van der Waals surface area contributed by atoms with E-state index in [1.165, 1.54) is 10.6 Å². The Hall–Kier alpha value is -3.34. The Bertz CT molecular complexity index is 975. The van der Waals surface area contributed by atoms with Crippen LogP contribution in [0.1, 0.15) is 21.5 Å². The Kier molecular flexibility index (Phi) is 5.17. The highest BCUT2D eigenvalue weighted by molar-refractivity contribution is 6.04. The van der Waals surface area contributed by atoms with Crippen molar-refractivity contribution in [1.29, 1.82) is 0 Å². The zero-order chi connectivity index (χ0) is 18.5. The molecule has 0 atom stereocenters. The van der Waals surface area contributed by atoms with E-state index in [0.717, 1.165) is 22.6 Å². The molecule has 3 rings (SSSR count). The van der Waals surface area contributed by atoms with E-state index >= 15 is 0 Å². The number of pyridine rings is 1. The van der Waals surface area contributed by atoms with Crippen LogP contribution in [0.3, 0.4) is 0 Å². The first-order chi connectivity index (χ1) is 12.6. The molecule has 1 heterocycles. The number of carbonyl (C=O) groups excluding carboxylic acids is 1. The molecule has 2 aromatic carbocycles. The van der Waals surface area contributed by atoms with Gasteiger partial charge in [-0.2, -0.15) is 0 Å². The number of methoxy groups -OCH3 is 1. The summed E-state index contributed by atoms with van der Waals surface area (Å²) in [7, 11) is 1.61. The summed E-state index contributed by atoms with van der Waals surface area (Å²) in [4.78, 5) is 24.7. The summed E-state index contributed by atoms with van der Waals surface area (Å²) in [6, 6.07) is 18.0. The first-order valence-corrected chi connectivity index (χ1v) is 8.27. The molecule has 0 saturated carbocycles. The van der Waals surface area contributed by atoms with E-state index in [1.807, 2.05) is 55.5 Å². The molecule has 5 heteroatoms. The van der Waals surface area contributed by atoms with Crippen LogP contribution in [0.5, 0.6) is 5.75 Å². The maximum atomic E-state index is 12.5. The lowest BCUT2D eigenvalue weighted by Crippen LogP contribution is -2.22. The molecule has 3 aromatic rings. The smallest absolute Gasteiger partial charge is 0.257 e. The molecular weight excluding hydrogens is 328 g/mol. The van der Waals surface area contributed by atoms with Gasteiger partial charge in [0.1, 0.15) is 5.75 Å². The fourth-order valence-electron chi connectivity index (χ4n) is 2.62. The van der Waals surface area contributed by atoms with Crippen molar-refractivity contribution in [3.05, 3.63) is 93.9 Å². The number of aryl methyl sites for hydroxylation is 1. The number of benzene rings is 2. The van der Waals surface area contributed by atoms with E-state index in [4.69, 9.17) is 4.74 Å². The van der Waals surface area contributed by atoms with Gasteiger partial charge in [0, 0.05) is 18.0 Å². The van der Waals surface area contributed by atoms with Crippen LogP contribution in [-0.2, 0) is 6.54 Å². The summed E-state index contributed by atoms with van der Waals surface area (Å²) in [5.41, 5.74) is 2.96. The fourth-order valence-corrected chi connectivity index (χ4v) is 2.62. The fraction of sp³-hybridized carbons (Fsp3) is 0.143. The summed E-state index contributed by atoms with van der Waals surface area (Å²) >= 11 is 0. The molecule has 0 aliphatic rings. The second kappa shape index (κ2) is 7.70. The summed E-state index contributed by atoms with van der Waals surface area (Å²) in [6.45, 7) is 2.31. The molecule has 0 aliphatic carbocycles. The third kappa shape index (κ3) is 4.00. The van der Waals surface area contributed by atoms with Crippen LogP contribution in [0.15, 0.2) is 71.7 Å². The minimum absolute atomic E-state index is 0.159. The average Bonchev–Trinajstić information content (AvgIpc) is 2.66. The van der Waals surface area contributed by atoms with Crippen LogP contribution in [0.4, 0.5) is 5.69 Å². The van der Waals surface area contributed by atoms with Crippen LogP contribution >= 0.6 is 0 Å². The molecule has 0 radical (unpaired) electrons. The molecule has 5 nitrogen and oxygen atoms in total. The van der Waals surface area contributed by atoms with Crippen LogP contribution in [-0.4, -0.2) is 17.6 Å². The van der Waals surface area contributed by atoms with E-state index in [-0.39, 0.29) is 11.5 Å². The van der Waals surface area contributed by atoms with Crippen LogP contribution in [0, 0.1) is 6.92 Å². The lowest BCUT2D eigenvalue weighted by Gasteiger charge is -2.11. The lowest BCUT2D eigenvalue weighted by atomic mass is 10.2. The molecule has 1 aromatic heterocycles. The van der Waals surface area contributed by atoms with E-state index in [0.29, 0.717) is 12.1 Å². The van der Waals surface area contributed by atoms with Gasteiger partial charge in [-0.3, -0.25) is 9.59 Å². The van der Waals surface area contributed by atoms with Crippen molar-refractivity contribution in [2.45, 2.75) is 13.5 Å². The maximum Gasteiger partial charge on any atom is 0.257 e. The van der Waals surface area contributed by atoms with Gasteiger partial charge < -0.3 is 14.6 Å². The number of nitrogens with zero attached hydrogens (tertiary/aromatic N) is 1. The van der Waals surface area contributed by atoms with Gasteiger partial charge in [0.05, 0.1) is 19.2 Å². The Morgan fingerprint density at radius 1 is 1.04 bits per heavy atom. The molecular formula is C21H20N2O3. The number of hydrogen-bond acceptors (Lipinski definition) is 3. The van der Waals surface area contributed by atoms with Gasteiger partial charge in [0.25, 0.3) is 11.5 Å². The molecule has 0 fully saturated rings. The standard InChI is InChI=1S/C21H20N2O3/c1-15-5-3-4-6-19(15)22-21(25)17-9-12-20(24)23(14-17)13-16-7-10-18(26-2)11-8-16/h3-12,14H,13H2,1-2H3,(H,22,25). The van der Waals surface area contributed by atoms with Crippen LogP contribution in [0.2, 0.25) is 0 Å². The number of aromatic nitrogens is 1. The number of anilines is 1. The van der Waals surface area contributed by atoms with Gasteiger partial charge in [0.15, 0.2) is 0 Å². The number of hydrogen-bond donors (Lipinski definition) is 1. The molecule has 0 spiro atoms. The Labute approximate surface area is 151 Å². The Morgan fingerprint density at radius 3 is 2.46 bits per heavy atom. The third-order valence-electron chi connectivity index (χ3n) is 4.15. The van der Waals surface area contributed by atoms with Crippen LogP contribution in [0.25, 0.3) is 0 Å². The molecule has 132 valence electrons. The SMILES string of the molecule is COc1ccc(Cn2cc(C(=O)Nc3ccccc3C)ccc2=O)cc1. The van der Waals surface area contributed by atoms with E-state index in [9.17, 15) is 9.59 Å². The minimum atomic E-state index is -0.247. The third-order valence-corrected chi connectivity index (χ3v) is 4.15. The van der Waals surface area contributed by atoms with Gasteiger partial charge in [-0.15, -0.1) is 0 Å². The van der Waals surface area contributed by atoms with E-state index in [2.05, 4.69) is 5.32 Å². The van der Waals surface area contributed by atoms with Crippen molar-refractivity contribution in [2.75, 3.05) is 12.4 Å². The van der Waals surface area contributed by atoms with Gasteiger partial charge in [-0.05, 0) is 42.3 Å². The predicted octanol–water partition coefficient (Wildman–Crippen LogP) is 3.47. The van der Waals surface area contributed by atoms with Crippen molar-refractivity contribution in [1.82, 2.24) is 4.57 Å². The van der Waals surface area contributed by atoms with Crippen molar-refractivity contribution in [3.63, 3.8) is 0 Å². The molecule has 0 aliphatic heterocycles. The first-order valence-electron chi connectivity index (χ1n) is 8.27. The number of nitrogens with one attached hydrogen (secondary N) is 1. The zero-order valence-electron chi connectivity index (χ0n) is 14.7. The van der Waals surface area contributed by atoms with Gasteiger partial charge in [0.2, 0.25) is 0 Å². The van der Waals surface area contributed by atoms with Crippen molar-refractivity contribution in [3.8, 4) is 5.75 Å². The summed E-state index contributed by atoms with van der Waals surface area (Å²) in [6.07, 6.45) is 1.58. The number of amides is 1. The van der Waals surface area contributed by atoms with E-state index in [1.54, 1.807) is 19.4 Å². The van der Waals surface area contributed by atoms with Gasteiger partial charge in [-0.25, -0.2) is 0 Å². The Morgan fingerprint density at radius 2 is 1.77 bits per heavy atom. The van der Waals surface area contributed by atoms with Gasteiger partial charge >= 0.3 is 0 Å². The van der Waals surface area contributed by atoms with Crippen molar-refractivity contribution in [2.24, 2.45) is 0 Å². The van der Waals surface area contributed by atoms with Gasteiger partial charge in [-0.1, -0.05) is 30.3 Å². The number of para-hydroxylation sites is 1. The van der Waals surface area contributed by atoms with Crippen LogP contribution < -0.4 is 15.6 Å². The normalized spacial score (nSPS) is 10.4. The lowest BCUT2D eigenvalue weighted by molar-refractivity contribution is 0.102. The highest BCUT2D eigenvalue weighted by Gasteiger charge is 2.09. The molecule has 26 heavy (non-hydrogen) atoms. The van der Waals surface area contributed by atoms with Crippen molar-refractivity contribution < 1.29 is 9.53 Å². The molecule has 0 unspecified atom stereocenters. The molecule has 1 N–H and O–H groups in total. The molecule has 0 bridgehead atoms. The summed E-state index contributed by atoms with van der Waals surface area (Å²) in [5.74, 6) is 0.509. The quantitative estimate of drug-likeness (QED) is 0.768. The molecule has 0 saturated heterocycles. The average molecular weight is 348 g/mol. The van der Waals surface area contributed by atoms with E-state index < -0.39 is 0 Å². The first kappa shape index (κ1) is 17.5. The summed E-state index contributed by atoms with van der Waals surface area (Å²) < 4.78 is 6.66. The maximum absolute atomic E-state index is 12.5. The Balaban J connectivity index is 1.81. The predicted molar refractivity (Wildman–Crippen MR) is 102 cm³/mol. The number of ether oxygens (including phenoxy) is 1. The second-order valence-electron chi connectivity index (χ2n) is 6.00. The molecule has 1 amide bonds. The monoisotopic (exact) mass is 348 g/mol. The highest BCUT2D eigenvalue weighted by atomic mass is 16.5. The number of rotatable bonds is 5. The summed E-state index contributed by atoms with van der Waals surface area (Å²) in [5, 5.41) is 2.88. The highest BCUT2D eigenvalue weighted by Crippen LogP contribution is 2.15. The zero-order valence-corrected chi connectivity index (χ0v) is 14.7. The largest absolute Gasteiger partial charge is 0.497 e. The topological polar surface area (TPSA) is 60.3 Å². The second-order valence-corrected chi connectivity index (χ2v) is 6.00. The van der Waals surface area contributed by atoms with Crippen molar-refractivity contribution >= 4 is 11.6 Å². The number of carbonyl (C=O) groups is 1. The minimum Gasteiger partial charge on any atom is -0.497 e.